The predicted octanol–water partition coefficient (Wildman–Crippen LogP) is 3.15. The summed E-state index contributed by atoms with van der Waals surface area (Å²) in [6.45, 7) is 4.25. The standard InChI is InChI=1S/C12H18O2/c1-3-4-10-7-9(2)5-6-11(10)8-12(13)14/h5-6,10H,3-4,7-8H2,1-2H3,(H,13,14). The number of hydrogen-bond acceptors (Lipinski definition) is 1. The van der Waals surface area contributed by atoms with Gasteiger partial charge in [-0.2, -0.15) is 0 Å². The Bertz CT molecular complexity index is 274. The highest BCUT2D eigenvalue weighted by molar-refractivity contribution is 5.70. The van der Waals surface area contributed by atoms with E-state index in [1.807, 2.05) is 12.2 Å². The van der Waals surface area contributed by atoms with E-state index in [0.29, 0.717) is 5.92 Å². The molecule has 0 saturated carbocycles. The fraction of sp³-hybridized carbons (Fsp3) is 0.583. The Morgan fingerprint density at radius 2 is 2.29 bits per heavy atom. The van der Waals surface area contributed by atoms with Gasteiger partial charge in [-0.25, -0.2) is 0 Å². The number of carbonyl (C=O) groups is 1. The van der Waals surface area contributed by atoms with Gasteiger partial charge in [0.05, 0.1) is 6.42 Å². The lowest BCUT2D eigenvalue weighted by Crippen LogP contribution is -2.11. The summed E-state index contributed by atoms with van der Waals surface area (Å²) < 4.78 is 0. The molecule has 0 bridgehead atoms. The summed E-state index contributed by atoms with van der Waals surface area (Å²) in [5.74, 6) is -0.258. The number of hydrogen-bond donors (Lipinski definition) is 1. The molecule has 0 radical (unpaired) electrons. The van der Waals surface area contributed by atoms with Crippen LogP contribution >= 0.6 is 0 Å². The van der Waals surface area contributed by atoms with Crippen molar-refractivity contribution in [2.45, 2.75) is 39.5 Å². The Kier molecular flexibility index (Phi) is 3.93. The Morgan fingerprint density at radius 3 is 2.86 bits per heavy atom. The molecular formula is C12H18O2. The molecule has 1 N–H and O–H groups in total. The van der Waals surface area contributed by atoms with E-state index >= 15 is 0 Å². The van der Waals surface area contributed by atoms with Crippen LogP contribution in [0.1, 0.15) is 39.5 Å². The van der Waals surface area contributed by atoms with Crippen LogP contribution in [0.5, 0.6) is 0 Å². The van der Waals surface area contributed by atoms with Gasteiger partial charge < -0.3 is 5.11 Å². The van der Waals surface area contributed by atoms with Gasteiger partial charge in [0, 0.05) is 0 Å². The van der Waals surface area contributed by atoms with Crippen molar-refractivity contribution in [1.29, 1.82) is 0 Å². The lowest BCUT2D eigenvalue weighted by molar-refractivity contribution is -0.136. The lowest BCUT2D eigenvalue weighted by Gasteiger charge is -2.22. The van der Waals surface area contributed by atoms with E-state index < -0.39 is 5.97 Å². The smallest absolute Gasteiger partial charge is 0.307 e. The Balaban J connectivity index is 2.70. The molecule has 1 atom stereocenters. The van der Waals surface area contributed by atoms with Crippen molar-refractivity contribution in [1.82, 2.24) is 0 Å². The maximum absolute atomic E-state index is 10.6. The topological polar surface area (TPSA) is 37.3 Å². The summed E-state index contributed by atoms with van der Waals surface area (Å²) in [5, 5.41) is 8.76. The number of carboxylic acid groups (broad SMARTS) is 1. The zero-order chi connectivity index (χ0) is 10.6. The Hall–Kier alpha value is -1.05. The van der Waals surface area contributed by atoms with Crippen LogP contribution in [0.2, 0.25) is 0 Å². The van der Waals surface area contributed by atoms with Gasteiger partial charge >= 0.3 is 5.97 Å². The van der Waals surface area contributed by atoms with Crippen LogP contribution in [0.3, 0.4) is 0 Å². The van der Waals surface area contributed by atoms with E-state index in [1.165, 1.54) is 5.57 Å². The third-order valence-corrected chi connectivity index (χ3v) is 2.67. The molecule has 0 spiro atoms. The molecule has 0 aromatic rings. The van der Waals surface area contributed by atoms with Crippen LogP contribution in [-0.4, -0.2) is 11.1 Å². The minimum Gasteiger partial charge on any atom is -0.481 e. The molecule has 0 amide bonds. The van der Waals surface area contributed by atoms with Crippen LogP contribution in [0.25, 0.3) is 0 Å². The molecule has 1 aliphatic carbocycles. The SMILES string of the molecule is CCCC1CC(C)=CC=C1CC(=O)O. The van der Waals surface area contributed by atoms with Crippen LogP contribution in [-0.2, 0) is 4.79 Å². The fourth-order valence-electron chi connectivity index (χ4n) is 1.99. The average Bonchev–Trinajstić information content (AvgIpc) is 2.09. The van der Waals surface area contributed by atoms with E-state index in [1.54, 1.807) is 0 Å². The molecule has 1 unspecified atom stereocenters. The van der Waals surface area contributed by atoms with Crippen LogP contribution in [0.4, 0.5) is 0 Å². The van der Waals surface area contributed by atoms with E-state index in [0.717, 1.165) is 24.8 Å². The molecule has 78 valence electrons. The molecular weight excluding hydrogens is 176 g/mol. The van der Waals surface area contributed by atoms with Crippen molar-refractivity contribution in [2.75, 3.05) is 0 Å². The van der Waals surface area contributed by atoms with Gasteiger partial charge in [0.15, 0.2) is 0 Å². The first-order chi connectivity index (χ1) is 6.63. The fourth-order valence-corrected chi connectivity index (χ4v) is 1.99. The quantitative estimate of drug-likeness (QED) is 0.746. The summed E-state index contributed by atoms with van der Waals surface area (Å²) in [6.07, 6.45) is 7.50. The summed E-state index contributed by atoms with van der Waals surface area (Å²) in [6, 6.07) is 0. The van der Waals surface area contributed by atoms with Crippen molar-refractivity contribution in [2.24, 2.45) is 5.92 Å². The highest BCUT2D eigenvalue weighted by Gasteiger charge is 2.18. The largest absolute Gasteiger partial charge is 0.481 e. The molecule has 1 rings (SSSR count). The lowest BCUT2D eigenvalue weighted by atomic mass is 9.83. The van der Waals surface area contributed by atoms with Gasteiger partial charge in [-0.15, -0.1) is 0 Å². The van der Waals surface area contributed by atoms with Crippen molar-refractivity contribution in [3.8, 4) is 0 Å². The molecule has 1 aliphatic rings. The highest BCUT2D eigenvalue weighted by Crippen LogP contribution is 2.30. The molecule has 0 saturated heterocycles. The number of carboxylic acids is 1. The van der Waals surface area contributed by atoms with Gasteiger partial charge in [0.1, 0.15) is 0 Å². The van der Waals surface area contributed by atoms with Gasteiger partial charge in [0.2, 0.25) is 0 Å². The van der Waals surface area contributed by atoms with Crippen LogP contribution in [0, 0.1) is 5.92 Å². The van der Waals surface area contributed by atoms with Gasteiger partial charge in [-0.05, 0) is 25.7 Å². The molecule has 0 fully saturated rings. The average molecular weight is 194 g/mol. The second kappa shape index (κ2) is 4.99. The van der Waals surface area contributed by atoms with Gasteiger partial charge in [-0.1, -0.05) is 36.6 Å². The maximum atomic E-state index is 10.6. The predicted molar refractivity (Wildman–Crippen MR) is 57.1 cm³/mol. The van der Waals surface area contributed by atoms with Gasteiger partial charge in [-0.3, -0.25) is 4.79 Å². The van der Waals surface area contributed by atoms with E-state index in [4.69, 9.17) is 5.11 Å². The number of rotatable bonds is 4. The molecule has 0 aromatic carbocycles. The van der Waals surface area contributed by atoms with E-state index in [-0.39, 0.29) is 6.42 Å². The van der Waals surface area contributed by atoms with Gasteiger partial charge in [0.25, 0.3) is 0 Å². The first-order valence-corrected chi connectivity index (χ1v) is 5.21. The second-order valence-corrected chi connectivity index (χ2v) is 4.01. The van der Waals surface area contributed by atoms with Crippen molar-refractivity contribution in [3.63, 3.8) is 0 Å². The zero-order valence-corrected chi connectivity index (χ0v) is 8.92. The summed E-state index contributed by atoms with van der Waals surface area (Å²) in [5.41, 5.74) is 2.45. The number of aliphatic carboxylic acids is 1. The molecule has 2 heteroatoms. The van der Waals surface area contributed by atoms with E-state index in [2.05, 4.69) is 13.8 Å². The second-order valence-electron chi connectivity index (χ2n) is 4.01. The number of allylic oxidation sites excluding steroid dienone is 3. The van der Waals surface area contributed by atoms with Crippen LogP contribution < -0.4 is 0 Å². The van der Waals surface area contributed by atoms with E-state index in [9.17, 15) is 4.79 Å². The Morgan fingerprint density at radius 1 is 1.57 bits per heavy atom. The summed E-state index contributed by atoms with van der Waals surface area (Å²) in [7, 11) is 0. The first-order valence-electron chi connectivity index (χ1n) is 5.21. The first kappa shape index (κ1) is 11.0. The minimum atomic E-state index is -0.717. The molecule has 0 aliphatic heterocycles. The molecule has 2 nitrogen and oxygen atoms in total. The summed E-state index contributed by atoms with van der Waals surface area (Å²) in [4.78, 5) is 10.6. The normalized spacial score (nSPS) is 21.4. The Labute approximate surface area is 85.3 Å². The van der Waals surface area contributed by atoms with Crippen LogP contribution in [0.15, 0.2) is 23.3 Å². The molecule has 0 heterocycles. The molecule has 14 heavy (non-hydrogen) atoms. The van der Waals surface area contributed by atoms with Crippen molar-refractivity contribution < 1.29 is 9.90 Å². The third-order valence-electron chi connectivity index (χ3n) is 2.67. The minimum absolute atomic E-state index is 0.203. The maximum Gasteiger partial charge on any atom is 0.307 e. The highest BCUT2D eigenvalue weighted by atomic mass is 16.4. The third kappa shape index (κ3) is 3.02. The zero-order valence-electron chi connectivity index (χ0n) is 8.92. The molecule has 0 aromatic heterocycles. The monoisotopic (exact) mass is 194 g/mol. The summed E-state index contributed by atoms with van der Waals surface area (Å²) >= 11 is 0. The van der Waals surface area contributed by atoms with Crippen molar-refractivity contribution >= 4 is 5.97 Å². The van der Waals surface area contributed by atoms with Crippen molar-refractivity contribution in [3.05, 3.63) is 23.3 Å².